The molecule has 0 spiro atoms. The molecule has 34 heavy (non-hydrogen) atoms. The lowest BCUT2D eigenvalue weighted by Crippen LogP contribution is -2.29. The van der Waals surface area contributed by atoms with Crippen LogP contribution in [-0.4, -0.2) is 28.7 Å². The Labute approximate surface area is 205 Å². The molecule has 0 fully saturated rings. The van der Waals surface area contributed by atoms with E-state index in [0.717, 1.165) is 32.4 Å². The maximum atomic E-state index is 13.6. The molecule has 1 atom stereocenters. The zero-order valence-corrected chi connectivity index (χ0v) is 20.3. The molecule has 1 amide bonds. The Morgan fingerprint density at radius 1 is 1.09 bits per heavy atom. The maximum absolute atomic E-state index is 13.6. The Kier molecular flexibility index (Phi) is 5.79. The number of carbonyl (C=O) groups is 2. The van der Waals surface area contributed by atoms with Crippen molar-refractivity contribution in [3.8, 4) is 11.3 Å². The summed E-state index contributed by atoms with van der Waals surface area (Å²) in [4.78, 5) is 27.5. The normalized spacial score (nSPS) is 14.9. The predicted octanol–water partition coefficient (Wildman–Crippen LogP) is 6.07. The molecule has 3 aromatic carbocycles. The van der Waals surface area contributed by atoms with Crippen LogP contribution >= 0.6 is 15.9 Å². The number of halogens is 1. The lowest BCUT2D eigenvalue weighted by atomic mass is 9.95. The monoisotopic (exact) mass is 515 g/mol. The fourth-order valence-corrected chi connectivity index (χ4v) is 4.73. The molecule has 4 aromatic rings. The lowest BCUT2D eigenvalue weighted by molar-refractivity contribution is 0.0526. The molecular weight excluding hydrogens is 494 g/mol. The number of hydrogen-bond acceptors (Lipinski definition) is 4. The van der Waals surface area contributed by atoms with Crippen molar-refractivity contribution in [3.05, 3.63) is 105 Å². The van der Waals surface area contributed by atoms with Crippen molar-refractivity contribution in [1.82, 2.24) is 10.2 Å². The number of fused-ring (bicyclic) bond motifs is 1. The highest BCUT2D eigenvalue weighted by atomic mass is 79.9. The molecule has 1 N–H and O–H groups in total. The van der Waals surface area contributed by atoms with E-state index in [-0.39, 0.29) is 17.9 Å². The van der Waals surface area contributed by atoms with Gasteiger partial charge in [-0.2, -0.15) is 5.10 Å². The van der Waals surface area contributed by atoms with E-state index >= 15 is 0 Å². The average molecular weight is 516 g/mol. The van der Waals surface area contributed by atoms with Crippen molar-refractivity contribution in [2.24, 2.45) is 0 Å². The van der Waals surface area contributed by atoms with Gasteiger partial charge in [-0.25, -0.2) is 4.79 Å². The van der Waals surface area contributed by atoms with Crippen LogP contribution in [0.4, 0.5) is 5.69 Å². The van der Waals surface area contributed by atoms with Crippen molar-refractivity contribution in [2.45, 2.75) is 19.9 Å². The molecule has 0 saturated heterocycles. The molecule has 0 aliphatic carbocycles. The van der Waals surface area contributed by atoms with Gasteiger partial charge in [0.05, 0.1) is 23.9 Å². The van der Waals surface area contributed by atoms with Gasteiger partial charge in [0.15, 0.2) is 0 Å². The van der Waals surface area contributed by atoms with Crippen molar-refractivity contribution in [3.63, 3.8) is 0 Å². The molecule has 170 valence electrons. The van der Waals surface area contributed by atoms with E-state index in [2.05, 4.69) is 26.1 Å². The molecule has 7 heteroatoms. The molecule has 1 aliphatic heterocycles. The van der Waals surface area contributed by atoms with Crippen LogP contribution in [0.5, 0.6) is 0 Å². The largest absolute Gasteiger partial charge is 0.462 e. The zero-order valence-electron chi connectivity index (χ0n) is 18.7. The Hall–Kier alpha value is -3.71. The Bertz CT molecular complexity index is 1380. The van der Waals surface area contributed by atoms with Crippen LogP contribution in [0.15, 0.2) is 77.3 Å². The second-order valence-corrected chi connectivity index (χ2v) is 9.04. The number of H-pyrrole nitrogens is 1. The van der Waals surface area contributed by atoms with Gasteiger partial charge in [0.1, 0.15) is 5.69 Å². The molecule has 1 aliphatic rings. The highest BCUT2D eigenvalue weighted by molar-refractivity contribution is 9.10. The van der Waals surface area contributed by atoms with Crippen molar-refractivity contribution < 1.29 is 14.3 Å². The van der Waals surface area contributed by atoms with E-state index in [1.54, 1.807) is 36.1 Å². The number of nitrogens with one attached hydrogen (secondary N) is 1. The molecule has 0 saturated carbocycles. The van der Waals surface area contributed by atoms with Crippen molar-refractivity contribution in [2.75, 3.05) is 11.5 Å². The Morgan fingerprint density at radius 3 is 2.50 bits per heavy atom. The van der Waals surface area contributed by atoms with E-state index in [1.165, 1.54) is 0 Å². The van der Waals surface area contributed by atoms with Crippen molar-refractivity contribution in [1.29, 1.82) is 0 Å². The predicted molar refractivity (Wildman–Crippen MR) is 134 cm³/mol. The van der Waals surface area contributed by atoms with Gasteiger partial charge in [-0.05, 0) is 55.8 Å². The first-order valence-electron chi connectivity index (χ1n) is 11.0. The number of aryl methyl sites for hydroxylation is 1. The number of esters is 1. The summed E-state index contributed by atoms with van der Waals surface area (Å²) in [7, 11) is 0. The van der Waals surface area contributed by atoms with E-state index in [1.807, 2.05) is 55.5 Å². The van der Waals surface area contributed by atoms with Crippen molar-refractivity contribution >= 4 is 33.5 Å². The summed E-state index contributed by atoms with van der Waals surface area (Å²) >= 11 is 3.56. The van der Waals surface area contributed by atoms with Gasteiger partial charge in [0.25, 0.3) is 5.91 Å². The van der Waals surface area contributed by atoms with Crippen LogP contribution < -0.4 is 4.90 Å². The minimum absolute atomic E-state index is 0.172. The van der Waals surface area contributed by atoms with Crippen LogP contribution in [0.3, 0.4) is 0 Å². The minimum Gasteiger partial charge on any atom is -0.462 e. The first-order chi connectivity index (χ1) is 16.5. The molecule has 0 bridgehead atoms. The van der Waals surface area contributed by atoms with Gasteiger partial charge in [-0.3, -0.25) is 14.8 Å². The third-order valence-electron chi connectivity index (χ3n) is 5.91. The molecule has 0 radical (unpaired) electrons. The quantitative estimate of drug-likeness (QED) is 0.327. The fraction of sp³-hybridized carbons (Fsp3) is 0.148. The zero-order chi connectivity index (χ0) is 23.8. The van der Waals surface area contributed by atoms with E-state index in [4.69, 9.17) is 4.74 Å². The van der Waals surface area contributed by atoms with Crippen LogP contribution in [0, 0.1) is 6.92 Å². The topological polar surface area (TPSA) is 75.3 Å². The summed E-state index contributed by atoms with van der Waals surface area (Å²) in [6.07, 6.45) is 0. The molecular formula is C27H22BrN3O3. The summed E-state index contributed by atoms with van der Waals surface area (Å²) in [5, 5.41) is 7.51. The van der Waals surface area contributed by atoms with Crippen LogP contribution in [0.2, 0.25) is 0 Å². The summed E-state index contributed by atoms with van der Waals surface area (Å²) in [6.45, 7) is 4.11. The number of hydrogen-bond donors (Lipinski definition) is 1. The van der Waals surface area contributed by atoms with E-state index in [0.29, 0.717) is 23.6 Å². The third kappa shape index (κ3) is 3.82. The number of carbonyl (C=O) groups excluding carboxylic acids is 2. The molecule has 2 heterocycles. The number of rotatable bonds is 5. The van der Waals surface area contributed by atoms with Gasteiger partial charge in [0, 0.05) is 21.3 Å². The second kappa shape index (κ2) is 8.91. The number of ether oxygens (including phenoxy) is 1. The Morgan fingerprint density at radius 2 is 1.82 bits per heavy atom. The van der Waals surface area contributed by atoms with Crippen LogP contribution in [-0.2, 0) is 4.74 Å². The number of aromatic amines is 1. The molecule has 5 rings (SSSR count). The number of aromatic nitrogens is 2. The number of anilines is 1. The van der Waals surface area contributed by atoms with E-state index < -0.39 is 0 Å². The van der Waals surface area contributed by atoms with Crippen LogP contribution in [0.25, 0.3) is 11.3 Å². The summed E-state index contributed by atoms with van der Waals surface area (Å²) in [5.74, 6) is -0.559. The molecule has 6 nitrogen and oxygen atoms in total. The third-order valence-corrected chi connectivity index (χ3v) is 6.41. The smallest absolute Gasteiger partial charge is 0.338 e. The molecule has 0 unspecified atom stereocenters. The van der Waals surface area contributed by atoms with Gasteiger partial charge < -0.3 is 4.74 Å². The molecule has 1 aromatic heterocycles. The number of benzene rings is 3. The number of nitrogens with zero attached hydrogens (tertiary/aromatic N) is 2. The lowest BCUT2D eigenvalue weighted by Gasteiger charge is -2.27. The average Bonchev–Trinajstić information content (AvgIpc) is 3.39. The first kappa shape index (κ1) is 22.1. The fourth-order valence-electron chi connectivity index (χ4n) is 4.31. The SMILES string of the molecule is CCOC(=O)c1ccc(N2C(=O)c3[nH]nc(-c4ccc(C)cc4)c3[C@H]2c2cccc(Br)c2)cc1. The van der Waals surface area contributed by atoms with Gasteiger partial charge in [-0.15, -0.1) is 0 Å². The minimum atomic E-state index is -0.388. The first-order valence-corrected chi connectivity index (χ1v) is 11.8. The summed E-state index contributed by atoms with van der Waals surface area (Å²) in [6, 6.07) is 22.6. The van der Waals surface area contributed by atoms with Crippen LogP contribution in [0.1, 0.15) is 50.5 Å². The maximum Gasteiger partial charge on any atom is 0.338 e. The van der Waals surface area contributed by atoms with Gasteiger partial charge in [0.2, 0.25) is 0 Å². The summed E-state index contributed by atoms with van der Waals surface area (Å²) in [5.41, 5.74) is 6.22. The number of amides is 1. The van der Waals surface area contributed by atoms with Gasteiger partial charge >= 0.3 is 5.97 Å². The highest BCUT2D eigenvalue weighted by Gasteiger charge is 2.43. The Balaban J connectivity index is 1.64. The summed E-state index contributed by atoms with van der Waals surface area (Å²) < 4.78 is 6.01. The highest BCUT2D eigenvalue weighted by Crippen LogP contribution is 2.45. The van der Waals surface area contributed by atoms with Gasteiger partial charge in [-0.1, -0.05) is 57.9 Å². The second-order valence-electron chi connectivity index (χ2n) is 8.13. The van der Waals surface area contributed by atoms with E-state index in [9.17, 15) is 9.59 Å². The standard InChI is InChI=1S/C27H22BrN3O3/c1-3-34-27(33)18-11-13-21(14-12-18)31-25(19-5-4-6-20(28)15-19)22-23(29-30-24(22)26(31)32)17-9-7-16(2)8-10-17/h4-15,25H,3H2,1-2H3,(H,29,30)/t25-/m1/s1.